The fraction of sp³-hybridized carbons (Fsp3) is 0.238. The second-order valence-electron chi connectivity index (χ2n) is 7.25. The lowest BCUT2D eigenvalue weighted by Crippen LogP contribution is -2.44. The van der Waals surface area contributed by atoms with E-state index in [2.05, 4.69) is 15.4 Å². The van der Waals surface area contributed by atoms with Gasteiger partial charge in [0.25, 0.3) is 5.56 Å². The Bertz CT molecular complexity index is 1240. The summed E-state index contributed by atoms with van der Waals surface area (Å²) in [4.78, 5) is 17.5. The quantitative estimate of drug-likeness (QED) is 0.530. The Morgan fingerprint density at radius 1 is 1.03 bits per heavy atom. The third kappa shape index (κ3) is 3.02. The molecule has 1 fully saturated rings. The van der Waals surface area contributed by atoms with Gasteiger partial charge in [0.15, 0.2) is 0 Å². The smallest absolute Gasteiger partial charge is 0.368 e. The lowest BCUT2D eigenvalue weighted by atomic mass is 10.0. The van der Waals surface area contributed by atoms with Gasteiger partial charge in [-0.25, -0.2) is 0 Å². The number of H-pyrrole nitrogens is 1. The first-order valence-corrected chi connectivity index (χ1v) is 9.60. The number of aromatic nitrogens is 3. The predicted molar refractivity (Wildman–Crippen MR) is 108 cm³/mol. The van der Waals surface area contributed by atoms with Gasteiger partial charge in [0.05, 0.1) is 22.5 Å². The van der Waals surface area contributed by atoms with Gasteiger partial charge in [-0.15, -0.1) is 0 Å². The number of halogens is 3. The number of piperazine rings is 1. The zero-order valence-electron chi connectivity index (χ0n) is 15.8. The van der Waals surface area contributed by atoms with Crippen LogP contribution in [-0.2, 0) is 6.18 Å². The highest BCUT2D eigenvalue weighted by Gasteiger charge is 2.36. The molecular weight excluding hydrogens is 395 g/mol. The number of pyridine rings is 1. The summed E-state index contributed by atoms with van der Waals surface area (Å²) in [5, 5.41) is 7.79. The molecule has 0 spiro atoms. The van der Waals surface area contributed by atoms with E-state index in [0.717, 1.165) is 6.07 Å². The van der Waals surface area contributed by atoms with Crippen molar-refractivity contribution >= 4 is 16.6 Å². The molecule has 2 aromatic carbocycles. The maximum Gasteiger partial charge on any atom is 0.418 e. The van der Waals surface area contributed by atoms with E-state index < -0.39 is 11.7 Å². The van der Waals surface area contributed by atoms with Crippen molar-refractivity contribution < 1.29 is 13.2 Å². The Hall–Kier alpha value is -3.33. The van der Waals surface area contributed by atoms with E-state index in [-0.39, 0.29) is 27.9 Å². The number of aromatic amines is 1. The molecule has 3 aliphatic rings. The van der Waals surface area contributed by atoms with Crippen LogP contribution in [0.2, 0.25) is 0 Å². The van der Waals surface area contributed by atoms with Gasteiger partial charge in [-0.3, -0.25) is 4.79 Å². The molecular formula is C21H18F3N5O. The molecule has 0 saturated carbocycles. The van der Waals surface area contributed by atoms with Crippen molar-refractivity contribution in [2.45, 2.75) is 6.18 Å². The van der Waals surface area contributed by atoms with Crippen molar-refractivity contribution in [1.82, 2.24) is 20.1 Å². The third-order valence-corrected chi connectivity index (χ3v) is 5.40. The first kappa shape index (κ1) is 18.7. The summed E-state index contributed by atoms with van der Waals surface area (Å²) in [5.74, 6) is 0. The van der Waals surface area contributed by atoms with Gasteiger partial charge in [-0.1, -0.05) is 18.2 Å². The Kier molecular flexibility index (Phi) is 4.28. The van der Waals surface area contributed by atoms with E-state index >= 15 is 0 Å². The van der Waals surface area contributed by atoms with Crippen molar-refractivity contribution in [3.8, 4) is 16.9 Å². The highest BCUT2D eigenvalue weighted by molar-refractivity contribution is 5.96. The normalized spacial score (nSPS) is 15.2. The molecule has 5 rings (SSSR count). The average molecular weight is 413 g/mol. The van der Waals surface area contributed by atoms with Crippen LogP contribution >= 0.6 is 0 Å². The number of hydrogen-bond donors (Lipinski definition) is 2. The summed E-state index contributed by atoms with van der Waals surface area (Å²) < 4.78 is 43.0. The van der Waals surface area contributed by atoms with Gasteiger partial charge in [0, 0.05) is 43.3 Å². The topological polar surface area (TPSA) is 66.0 Å². The molecule has 30 heavy (non-hydrogen) atoms. The largest absolute Gasteiger partial charge is 0.418 e. The molecule has 154 valence electrons. The zero-order valence-corrected chi connectivity index (χ0v) is 15.8. The monoisotopic (exact) mass is 413 g/mol. The maximum atomic E-state index is 13.9. The Labute approximate surface area is 169 Å². The van der Waals surface area contributed by atoms with Gasteiger partial charge in [-0.05, 0) is 24.3 Å². The van der Waals surface area contributed by atoms with Crippen molar-refractivity contribution in [2.24, 2.45) is 0 Å². The number of nitrogens with one attached hydrogen (secondary N) is 2. The number of anilines is 1. The maximum absolute atomic E-state index is 13.9. The van der Waals surface area contributed by atoms with Crippen molar-refractivity contribution in [1.29, 1.82) is 0 Å². The van der Waals surface area contributed by atoms with Gasteiger partial charge >= 0.3 is 6.18 Å². The lowest BCUT2D eigenvalue weighted by Gasteiger charge is -2.31. The van der Waals surface area contributed by atoms with Crippen LogP contribution in [0.15, 0.2) is 53.5 Å². The van der Waals surface area contributed by atoms with Crippen LogP contribution in [0.1, 0.15) is 5.56 Å². The van der Waals surface area contributed by atoms with Crippen molar-refractivity contribution in [3.05, 3.63) is 64.6 Å². The number of hydrogen-bond acceptors (Lipinski definition) is 4. The molecule has 3 aliphatic heterocycles. The average Bonchev–Trinajstić information content (AvgIpc) is 3.10. The molecule has 0 aromatic heterocycles. The van der Waals surface area contributed by atoms with Crippen molar-refractivity contribution in [3.63, 3.8) is 0 Å². The molecule has 2 aromatic rings. The van der Waals surface area contributed by atoms with E-state index in [0.29, 0.717) is 37.4 Å². The Morgan fingerprint density at radius 3 is 2.47 bits per heavy atom. The number of fused-ring (bicyclic) bond motifs is 3. The SMILES string of the molecule is O=c1c2c[nH]c3cc(N4CCNCC4)c(C(F)(F)F)cc3c-2nn1-c1ccccc1. The molecule has 0 unspecified atom stereocenters. The number of para-hydroxylation sites is 1. The van der Waals surface area contributed by atoms with Crippen LogP contribution in [0.5, 0.6) is 0 Å². The Balaban J connectivity index is 1.76. The van der Waals surface area contributed by atoms with Gasteiger partial charge < -0.3 is 15.2 Å². The molecule has 0 aliphatic carbocycles. The molecule has 0 atom stereocenters. The van der Waals surface area contributed by atoms with Gasteiger partial charge in [0.1, 0.15) is 5.69 Å². The number of alkyl halides is 3. The summed E-state index contributed by atoms with van der Waals surface area (Å²) in [5.41, 5.74) is 0.581. The highest BCUT2D eigenvalue weighted by Crippen LogP contribution is 2.40. The molecule has 0 radical (unpaired) electrons. The van der Waals surface area contributed by atoms with E-state index in [1.165, 1.54) is 16.9 Å². The standard InChI is InChI=1S/C21H18F3N5O/c22-21(23,24)16-10-14-17(11-18(16)28-8-6-25-7-9-28)26-12-15-19(14)27-29(20(15)30)13-4-2-1-3-5-13/h1-5,10-12,25-26H,6-9H2. The lowest BCUT2D eigenvalue weighted by molar-refractivity contribution is -0.137. The summed E-state index contributed by atoms with van der Waals surface area (Å²) in [6.45, 7) is 2.23. The van der Waals surface area contributed by atoms with Gasteiger partial charge in [-0.2, -0.15) is 23.0 Å². The first-order valence-electron chi connectivity index (χ1n) is 9.60. The summed E-state index contributed by atoms with van der Waals surface area (Å²) in [6, 6.07) is 11.4. The van der Waals surface area contributed by atoms with Crippen LogP contribution in [0.3, 0.4) is 0 Å². The summed E-state index contributed by atoms with van der Waals surface area (Å²) in [6.07, 6.45) is -3.01. The van der Waals surface area contributed by atoms with Gasteiger partial charge in [0.2, 0.25) is 0 Å². The summed E-state index contributed by atoms with van der Waals surface area (Å²) >= 11 is 0. The van der Waals surface area contributed by atoms with Crippen LogP contribution in [0.25, 0.3) is 27.8 Å². The van der Waals surface area contributed by atoms with Crippen molar-refractivity contribution in [2.75, 3.05) is 31.1 Å². The second kappa shape index (κ2) is 6.88. The highest BCUT2D eigenvalue weighted by atomic mass is 19.4. The van der Waals surface area contributed by atoms with E-state index in [4.69, 9.17) is 0 Å². The minimum absolute atomic E-state index is 0.136. The van der Waals surface area contributed by atoms with Crippen LogP contribution in [-0.4, -0.2) is 40.9 Å². The molecule has 0 amide bonds. The summed E-state index contributed by atoms with van der Waals surface area (Å²) in [7, 11) is 0. The molecule has 6 nitrogen and oxygen atoms in total. The molecule has 1 saturated heterocycles. The molecule has 0 bridgehead atoms. The number of nitrogens with zero attached hydrogens (tertiary/aromatic N) is 3. The van der Waals surface area contributed by atoms with Crippen LogP contribution < -0.4 is 15.8 Å². The Morgan fingerprint density at radius 2 is 1.77 bits per heavy atom. The minimum Gasteiger partial charge on any atom is -0.368 e. The van der Waals surface area contributed by atoms with E-state index in [9.17, 15) is 18.0 Å². The molecule has 9 heteroatoms. The predicted octanol–water partition coefficient (Wildman–Crippen LogP) is 3.25. The van der Waals surface area contributed by atoms with E-state index in [1.54, 1.807) is 29.2 Å². The second-order valence-corrected chi connectivity index (χ2v) is 7.25. The number of rotatable bonds is 2. The zero-order chi connectivity index (χ0) is 20.9. The van der Waals surface area contributed by atoms with Crippen LogP contribution in [0.4, 0.5) is 18.9 Å². The first-order chi connectivity index (χ1) is 14.4. The van der Waals surface area contributed by atoms with E-state index in [1.807, 2.05) is 6.07 Å². The molecule has 3 heterocycles. The molecule has 2 N–H and O–H groups in total. The fourth-order valence-electron chi connectivity index (χ4n) is 3.94. The van der Waals surface area contributed by atoms with Crippen LogP contribution in [0, 0.1) is 0 Å². The minimum atomic E-state index is -4.53. The fourth-order valence-corrected chi connectivity index (χ4v) is 3.94. The number of benzene rings is 2. The third-order valence-electron chi connectivity index (χ3n) is 5.40.